The molecule has 1 fully saturated rings. The molecule has 0 radical (unpaired) electrons. The molecule has 2 N–H and O–H groups in total. The van der Waals surface area contributed by atoms with Crippen LogP contribution in [0, 0.1) is 6.92 Å². The summed E-state index contributed by atoms with van der Waals surface area (Å²) in [6.45, 7) is 5.98. The molecule has 0 aliphatic carbocycles. The fourth-order valence-corrected chi connectivity index (χ4v) is 3.15. The Bertz CT molecular complexity index is 734. The van der Waals surface area contributed by atoms with E-state index in [0.717, 1.165) is 24.1 Å². The number of carbonyl (C=O) groups is 1. The maximum Gasteiger partial charge on any atom is 0.227 e. The van der Waals surface area contributed by atoms with E-state index in [1.807, 2.05) is 30.0 Å². The first-order chi connectivity index (χ1) is 12.1. The monoisotopic (exact) mass is 339 g/mol. The van der Waals surface area contributed by atoms with Crippen LogP contribution in [0.5, 0.6) is 0 Å². The van der Waals surface area contributed by atoms with E-state index in [1.54, 1.807) is 6.20 Å². The van der Waals surface area contributed by atoms with Gasteiger partial charge in [0, 0.05) is 43.9 Å². The molecule has 1 saturated heterocycles. The Morgan fingerprint density at radius 1 is 1.28 bits per heavy atom. The molecule has 1 aliphatic heterocycles. The van der Waals surface area contributed by atoms with Gasteiger partial charge in [-0.2, -0.15) is 4.98 Å². The van der Waals surface area contributed by atoms with Crippen molar-refractivity contribution in [2.75, 3.05) is 23.7 Å². The van der Waals surface area contributed by atoms with Gasteiger partial charge in [-0.15, -0.1) is 0 Å². The summed E-state index contributed by atoms with van der Waals surface area (Å²) in [7, 11) is 0. The molecule has 6 heteroatoms. The van der Waals surface area contributed by atoms with Crippen molar-refractivity contribution >= 4 is 17.7 Å². The summed E-state index contributed by atoms with van der Waals surface area (Å²) in [6, 6.07) is 10.3. The third-order valence-electron chi connectivity index (χ3n) is 4.74. The van der Waals surface area contributed by atoms with E-state index in [-0.39, 0.29) is 11.9 Å². The van der Waals surface area contributed by atoms with Crippen molar-refractivity contribution in [1.82, 2.24) is 14.9 Å². The highest BCUT2D eigenvalue weighted by Crippen LogP contribution is 2.21. The van der Waals surface area contributed by atoms with Crippen molar-refractivity contribution in [3.8, 4) is 0 Å². The molecular formula is C19H25N5O. The van der Waals surface area contributed by atoms with Crippen molar-refractivity contribution < 1.29 is 4.79 Å². The van der Waals surface area contributed by atoms with Crippen LogP contribution in [0.2, 0.25) is 0 Å². The molecule has 132 valence electrons. The molecule has 1 unspecified atom stereocenters. The molecule has 3 rings (SSSR count). The van der Waals surface area contributed by atoms with Gasteiger partial charge in [-0.3, -0.25) is 4.79 Å². The molecule has 0 spiro atoms. The zero-order chi connectivity index (χ0) is 17.8. The first kappa shape index (κ1) is 17.2. The van der Waals surface area contributed by atoms with Crippen molar-refractivity contribution in [1.29, 1.82) is 0 Å². The minimum atomic E-state index is 0.126. The largest absolute Gasteiger partial charge is 0.383 e. The number of aryl methyl sites for hydroxylation is 1. The standard InChI is InChI=1S/C19H25N5O/c1-3-16-13-23(19-21-11-14(2)18(20)22-19)10-9-17(25)24(16)12-15-7-5-4-6-8-15/h4-8,11,16H,3,9-10,12-13H2,1-2H3,(H2,20,21,22). The Kier molecular flexibility index (Phi) is 5.16. The van der Waals surface area contributed by atoms with E-state index in [9.17, 15) is 4.79 Å². The number of anilines is 2. The molecule has 25 heavy (non-hydrogen) atoms. The molecule has 0 bridgehead atoms. The molecular weight excluding hydrogens is 314 g/mol. The molecule has 1 aromatic heterocycles. The lowest BCUT2D eigenvalue weighted by molar-refractivity contribution is -0.133. The van der Waals surface area contributed by atoms with Crippen molar-refractivity contribution in [3.63, 3.8) is 0 Å². The molecule has 1 aromatic carbocycles. The zero-order valence-electron chi connectivity index (χ0n) is 14.9. The van der Waals surface area contributed by atoms with E-state index in [1.165, 1.54) is 0 Å². The summed E-state index contributed by atoms with van der Waals surface area (Å²) >= 11 is 0. The van der Waals surface area contributed by atoms with Crippen LogP contribution in [-0.2, 0) is 11.3 Å². The highest BCUT2D eigenvalue weighted by atomic mass is 16.2. The van der Waals surface area contributed by atoms with Gasteiger partial charge < -0.3 is 15.5 Å². The predicted molar refractivity (Wildman–Crippen MR) is 99.1 cm³/mol. The van der Waals surface area contributed by atoms with Crippen LogP contribution < -0.4 is 10.6 Å². The first-order valence-corrected chi connectivity index (χ1v) is 8.76. The lowest BCUT2D eigenvalue weighted by Gasteiger charge is -2.31. The molecule has 0 saturated carbocycles. The van der Waals surface area contributed by atoms with Gasteiger partial charge in [0.1, 0.15) is 5.82 Å². The van der Waals surface area contributed by atoms with Crippen molar-refractivity contribution in [2.45, 2.75) is 39.3 Å². The van der Waals surface area contributed by atoms with E-state index in [0.29, 0.717) is 31.3 Å². The number of hydrogen-bond donors (Lipinski definition) is 1. The Hall–Kier alpha value is -2.63. The van der Waals surface area contributed by atoms with Gasteiger partial charge in [-0.05, 0) is 18.9 Å². The lowest BCUT2D eigenvalue weighted by Crippen LogP contribution is -2.42. The van der Waals surface area contributed by atoms with E-state index < -0.39 is 0 Å². The van der Waals surface area contributed by atoms with Crippen molar-refractivity contribution in [2.24, 2.45) is 0 Å². The third kappa shape index (κ3) is 3.90. The second-order valence-electron chi connectivity index (χ2n) is 6.50. The Morgan fingerprint density at radius 2 is 2.04 bits per heavy atom. The van der Waals surface area contributed by atoms with E-state index >= 15 is 0 Å². The number of hydrogen-bond acceptors (Lipinski definition) is 5. The molecule has 1 aliphatic rings. The molecule has 2 heterocycles. The van der Waals surface area contributed by atoms with Gasteiger partial charge in [-0.1, -0.05) is 37.3 Å². The molecule has 6 nitrogen and oxygen atoms in total. The number of carbonyl (C=O) groups excluding carboxylic acids is 1. The number of benzene rings is 1. The quantitative estimate of drug-likeness (QED) is 0.925. The van der Waals surface area contributed by atoms with Crippen LogP contribution in [0.4, 0.5) is 11.8 Å². The summed E-state index contributed by atoms with van der Waals surface area (Å²) in [5, 5.41) is 0. The molecule has 2 aromatic rings. The lowest BCUT2D eigenvalue weighted by atomic mass is 10.1. The topological polar surface area (TPSA) is 75.4 Å². The fourth-order valence-electron chi connectivity index (χ4n) is 3.15. The summed E-state index contributed by atoms with van der Waals surface area (Å²) in [5.74, 6) is 1.28. The van der Waals surface area contributed by atoms with Crippen LogP contribution in [-0.4, -0.2) is 39.9 Å². The first-order valence-electron chi connectivity index (χ1n) is 8.76. The predicted octanol–water partition coefficient (Wildman–Crippen LogP) is 2.38. The van der Waals surface area contributed by atoms with Crippen LogP contribution in [0.15, 0.2) is 36.5 Å². The second kappa shape index (κ2) is 7.51. The summed E-state index contributed by atoms with van der Waals surface area (Å²) in [6.07, 6.45) is 3.09. The van der Waals surface area contributed by atoms with Crippen LogP contribution in [0.3, 0.4) is 0 Å². The minimum Gasteiger partial charge on any atom is -0.383 e. The van der Waals surface area contributed by atoms with E-state index in [2.05, 4.69) is 33.9 Å². The Balaban J connectivity index is 1.81. The van der Waals surface area contributed by atoms with Gasteiger partial charge in [-0.25, -0.2) is 4.98 Å². The minimum absolute atomic E-state index is 0.126. The number of aromatic nitrogens is 2. The second-order valence-corrected chi connectivity index (χ2v) is 6.50. The molecule has 1 amide bonds. The van der Waals surface area contributed by atoms with Crippen LogP contribution in [0.25, 0.3) is 0 Å². The van der Waals surface area contributed by atoms with Gasteiger partial charge >= 0.3 is 0 Å². The number of rotatable bonds is 4. The van der Waals surface area contributed by atoms with Crippen LogP contribution in [0.1, 0.15) is 30.9 Å². The summed E-state index contributed by atoms with van der Waals surface area (Å²) in [5.41, 5.74) is 7.95. The number of nitrogen functional groups attached to an aromatic ring is 1. The van der Waals surface area contributed by atoms with Gasteiger partial charge in [0.25, 0.3) is 0 Å². The third-order valence-corrected chi connectivity index (χ3v) is 4.74. The van der Waals surface area contributed by atoms with Crippen molar-refractivity contribution in [3.05, 3.63) is 47.7 Å². The summed E-state index contributed by atoms with van der Waals surface area (Å²) < 4.78 is 0. The highest BCUT2D eigenvalue weighted by molar-refractivity contribution is 5.77. The SMILES string of the molecule is CCC1CN(c2ncc(C)c(N)n2)CCC(=O)N1Cc1ccccc1. The van der Waals surface area contributed by atoms with Gasteiger partial charge in [0.15, 0.2) is 0 Å². The normalized spacial score (nSPS) is 18.3. The van der Waals surface area contributed by atoms with Gasteiger partial charge in [0.2, 0.25) is 11.9 Å². The van der Waals surface area contributed by atoms with Crippen LogP contribution >= 0.6 is 0 Å². The van der Waals surface area contributed by atoms with E-state index in [4.69, 9.17) is 5.73 Å². The number of nitrogens with two attached hydrogens (primary N) is 1. The van der Waals surface area contributed by atoms with Gasteiger partial charge in [0.05, 0.1) is 0 Å². The average molecular weight is 339 g/mol. The molecule has 1 atom stereocenters. The number of nitrogens with zero attached hydrogens (tertiary/aromatic N) is 4. The fraction of sp³-hybridized carbons (Fsp3) is 0.421. The maximum absolute atomic E-state index is 12.7. The highest BCUT2D eigenvalue weighted by Gasteiger charge is 2.29. The smallest absolute Gasteiger partial charge is 0.227 e. The Labute approximate surface area is 148 Å². The summed E-state index contributed by atoms with van der Waals surface area (Å²) in [4.78, 5) is 25.6. The maximum atomic E-state index is 12.7. The zero-order valence-corrected chi connectivity index (χ0v) is 14.9. The number of amides is 1. The Morgan fingerprint density at radius 3 is 2.72 bits per heavy atom. The average Bonchev–Trinajstić information content (AvgIpc) is 2.78.